The molecule has 0 radical (unpaired) electrons. The van der Waals surface area contributed by atoms with E-state index in [1.807, 2.05) is 60.7 Å². The molecule has 0 bridgehead atoms. The first-order valence-corrected chi connectivity index (χ1v) is 9.03. The number of carbonyl (C=O) groups is 2. The molecule has 27 heavy (non-hydrogen) atoms. The van der Waals surface area contributed by atoms with Gasteiger partial charge in [-0.3, -0.25) is 9.59 Å². The molecule has 0 aromatic heterocycles. The van der Waals surface area contributed by atoms with Gasteiger partial charge in [0.05, 0.1) is 7.11 Å². The number of Topliss-reactive ketones (excluding diaryl/α,β-unsaturated/α-hetero) is 1. The van der Waals surface area contributed by atoms with Crippen molar-refractivity contribution in [2.45, 2.75) is 26.2 Å². The van der Waals surface area contributed by atoms with Gasteiger partial charge in [-0.05, 0) is 66.8 Å². The van der Waals surface area contributed by atoms with Crippen LogP contribution in [-0.4, -0.2) is 18.8 Å². The molecule has 4 heteroatoms. The number of ether oxygens (including phenoxy) is 1. The lowest BCUT2D eigenvalue weighted by Gasteiger charge is -2.17. The third-order valence-electron chi connectivity index (χ3n) is 4.48. The van der Waals surface area contributed by atoms with Crippen LogP contribution in [0.2, 0.25) is 0 Å². The highest BCUT2D eigenvalue weighted by molar-refractivity contribution is 6.14. The maximum absolute atomic E-state index is 12.9. The van der Waals surface area contributed by atoms with Gasteiger partial charge in [0.1, 0.15) is 5.75 Å². The number of anilines is 1. The Kier molecular flexibility index (Phi) is 5.87. The molecule has 0 spiro atoms. The van der Waals surface area contributed by atoms with E-state index in [4.69, 9.17) is 4.74 Å². The second kappa shape index (κ2) is 8.49. The summed E-state index contributed by atoms with van der Waals surface area (Å²) in [7, 11) is 1.63. The average molecular weight is 361 g/mol. The van der Waals surface area contributed by atoms with Crippen molar-refractivity contribution in [1.82, 2.24) is 0 Å². The normalized spacial score (nSPS) is 17.2. The molecule has 0 heterocycles. The molecular formula is C23H23NO3. The van der Waals surface area contributed by atoms with Crippen molar-refractivity contribution in [3.8, 4) is 5.75 Å². The molecule has 0 unspecified atom stereocenters. The SMILES string of the molecule is COc1cccc(/C=C2\CCC/C(=C\c3ccc(NC(C)=O)cc3)C2=O)c1. The summed E-state index contributed by atoms with van der Waals surface area (Å²) >= 11 is 0. The maximum atomic E-state index is 12.9. The van der Waals surface area contributed by atoms with Gasteiger partial charge in [0.15, 0.2) is 5.78 Å². The van der Waals surface area contributed by atoms with Gasteiger partial charge in [0.2, 0.25) is 5.91 Å². The second-order valence-corrected chi connectivity index (χ2v) is 6.60. The third kappa shape index (κ3) is 4.94. The van der Waals surface area contributed by atoms with Gasteiger partial charge in [0, 0.05) is 23.8 Å². The monoisotopic (exact) mass is 361 g/mol. The van der Waals surface area contributed by atoms with Gasteiger partial charge in [-0.25, -0.2) is 0 Å². The molecule has 138 valence electrons. The minimum absolute atomic E-state index is 0.101. The van der Waals surface area contributed by atoms with Crippen LogP contribution in [0.15, 0.2) is 59.7 Å². The Hall–Kier alpha value is -3.14. The smallest absolute Gasteiger partial charge is 0.221 e. The first-order chi connectivity index (χ1) is 13.0. The van der Waals surface area contributed by atoms with Crippen molar-refractivity contribution >= 4 is 29.5 Å². The van der Waals surface area contributed by atoms with E-state index < -0.39 is 0 Å². The van der Waals surface area contributed by atoms with Crippen LogP contribution >= 0.6 is 0 Å². The number of hydrogen-bond acceptors (Lipinski definition) is 3. The summed E-state index contributed by atoms with van der Waals surface area (Å²) in [5.41, 5.74) is 4.32. The summed E-state index contributed by atoms with van der Waals surface area (Å²) in [6.45, 7) is 1.48. The van der Waals surface area contributed by atoms with Crippen molar-refractivity contribution in [2.75, 3.05) is 12.4 Å². The summed E-state index contributed by atoms with van der Waals surface area (Å²) in [6.07, 6.45) is 6.42. The van der Waals surface area contributed by atoms with Crippen LogP contribution in [0.4, 0.5) is 5.69 Å². The lowest BCUT2D eigenvalue weighted by atomic mass is 9.87. The lowest BCUT2D eigenvalue weighted by molar-refractivity contribution is -0.114. The van der Waals surface area contributed by atoms with Crippen molar-refractivity contribution in [2.24, 2.45) is 0 Å². The topological polar surface area (TPSA) is 55.4 Å². The number of methoxy groups -OCH3 is 1. The molecular weight excluding hydrogens is 338 g/mol. The molecule has 0 atom stereocenters. The van der Waals surface area contributed by atoms with Crippen LogP contribution in [0.5, 0.6) is 5.75 Å². The summed E-state index contributed by atoms with van der Waals surface area (Å²) < 4.78 is 5.25. The number of carbonyl (C=O) groups excluding carboxylic acids is 2. The van der Waals surface area contributed by atoms with Gasteiger partial charge in [-0.1, -0.05) is 24.3 Å². The first kappa shape index (κ1) is 18.6. The number of nitrogens with one attached hydrogen (secondary N) is 1. The second-order valence-electron chi connectivity index (χ2n) is 6.60. The fourth-order valence-corrected chi connectivity index (χ4v) is 3.18. The van der Waals surface area contributed by atoms with Crippen molar-refractivity contribution in [3.63, 3.8) is 0 Å². The van der Waals surface area contributed by atoms with Gasteiger partial charge >= 0.3 is 0 Å². The van der Waals surface area contributed by atoms with Crippen molar-refractivity contribution < 1.29 is 14.3 Å². The van der Waals surface area contributed by atoms with E-state index in [-0.39, 0.29) is 11.7 Å². The third-order valence-corrected chi connectivity index (χ3v) is 4.48. The Morgan fingerprint density at radius 3 is 2.30 bits per heavy atom. The van der Waals surface area contributed by atoms with E-state index in [0.717, 1.165) is 53.0 Å². The predicted molar refractivity (Wildman–Crippen MR) is 109 cm³/mol. The van der Waals surface area contributed by atoms with Crippen molar-refractivity contribution in [3.05, 3.63) is 70.8 Å². The zero-order chi connectivity index (χ0) is 19.2. The number of benzene rings is 2. The van der Waals surface area contributed by atoms with Gasteiger partial charge < -0.3 is 10.1 Å². The zero-order valence-corrected chi connectivity index (χ0v) is 15.6. The van der Waals surface area contributed by atoms with Crippen LogP contribution in [0.25, 0.3) is 12.2 Å². The Bertz CT molecular complexity index is 907. The molecule has 0 aliphatic heterocycles. The first-order valence-electron chi connectivity index (χ1n) is 9.03. The minimum atomic E-state index is -0.101. The zero-order valence-electron chi connectivity index (χ0n) is 15.6. The number of hydrogen-bond donors (Lipinski definition) is 1. The summed E-state index contributed by atoms with van der Waals surface area (Å²) in [6, 6.07) is 15.2. The summed E-state index contributed by atoms with van der Waals surface area (Å²) in [5, 5.41) is 2.74. The summed E-state index contributed by atoms with van der Waals surface area (Å²) in [5.74, 6) is 0.786. The summed E-state index contributed by atoms with van der Waals surface area (Å²) in [4.78, 5) is 24.0. The number of ketones is 1. The van der Waals surface area contributed by atoms with Crippen LogP contribution in [-0.2, 0) is 9.59 Å². The van der Waals surface area contributed by atoms with E-state index >= 15 is 0 Å². The molecule has 3 rings (SSSR count). The van der Waals surface area contributed by atoms with Crippen LogP contribution in [0, 0.1) is 0 Å². The molecule has 1 aliphatic rings. The maximum Gasteiger partial charge on any atom is 0.221 e. The molecule has 2 aromatic carbocycles. The fraction of sp³-hybridized carbons (Fsp3) is 0.217. The lowest BCUT2D eigenvalue weighted by Crippen LogP contribution is -2.12. The van der Waals surface area contributed by atoms with Gasteiger partial charge in [-0.2, -0.15) is 0 Å². The van der Waals surface area contributed by atoms with E-state index in [1.165, 1.54) is 6.92 Å². The Balaban J connectivity index is 1.80. The van der Waals surface area contributed by atoms with Gasteiger partial charge in [-0.15, -0.1) is 0 Å². The average Bonchev–Trinajstić information content (AvgIpc) is 2.66. The van der Waals surface area contributed by atoms with E-state index in [1.54, 1.807) is 7.11 Å². The molecule has 1 N–H and O–H groups in total. The molecule has 1 fully saturated rings. The van der Waals surface area contributed by atoms with Crippen molar-refractivity contribution in [1.29, 1.82) is 0 Å². The number of allylic oxidation sites excluding steroid dienone is 2. The fourth-order valence-electron chi connectivity index (χ4n) is 3.18. The Labute approximate surface area is 159 Å². The highest BCUT2D eigenvalue weighted by Gasteiger charge is 2.20. The molecule has 2 aromatic rings. The van der Waals surface area contributed by atoms with Crippen LogP contribution in [0.1, 0.15) is 37.3 Å². The minimum Gasteiger partial charge on any atom is -0.497 e. The molecule has 1 aliphatic carbocycles. The quantitative estimate of drug-likeness (QED) is 0.790. The molecule has 4 nitrogen and oxygen atoms in total. The number of rotatable bonds is 4. The molecule has 1 amide bonds. The van der Waals surface area contributed by atoms with E-state index in [9.17, 15) is 9.59 Å². The standard InChI is InChI=1S/C23H23NO3/c1-16(25)24-21-11-9-17(10-12-21)13-19-6-4-7-20(23(19)26)14-18-5-3-8-22(15-18)27-2/h3,5,8-15H,4,6-7H2,1-2H3,(H,24,25)/b19-13+,20-14+. The Morgan fingerprint density at radius 1 is 1.00 bits per heavy atom. The van der Waals surface area contributed by atoms with E-state index in [2.05, 4.69) is 5.32 Å². The van der Waals surface area contributed by atoms with Gasteiger partial charge in [0.25, 0.3) is 0 Å². The predicted octanol–water partition coefficient (Wildman–Crippen LogP) is 4.87. The number of amides is 1. The largest absolute Gasteiger partial charge is 0.497 e. The highest BCUT2D eigenvalue weighted by Crippen LogP contribution is 2.28. The Morgan fingerprint density at radius 2 is 1.67 bits per heavy atom. The van der Waals surface area contributed by atoms with Crippen LogP contribution in [0.3, 0.4) is 0 Å². The molecule has 0 saturated heterocycles. The molecule has 1 saturated carbocycles. The highest BCUT2D eigenvalue weighted by atomic mass is 16.5. The van der Waals surface area contributed by atoms with Crippen LogP contribution < -0.4 is 10.1 Å². The van der Waals surface area contributed by atoms with E-state index in [0.29, 0.717) is 0 Å².